The number of nitrogens with two attached hydrogens (primary N) is 1. The van der Waals surface area contributed by atoms with Gasteiger partial charge in [0.15, 0.2) is 0 Å². The maximum atomic E-state index is 9.50. The molecule has 0 amide bonds. The Bertz CT molecular complexity index is 835. The maximum absolute atomic E-state index is 9.50. The number of hydrogen-bond acceptors (Lipinski definition) is 6. The molecule has 116 valence electrons. The Labute approximate surface area is 139 Å². The van der Waals surface area contributed by atoms with Crippen LogP contribution in [0.5, 0.6) is 11.5 Å². The van der Waals surface area contributed by atoms with Crippen molar-refractivity contribution in [3.63, 3.8) is 0 Å². The summed E-state index contributed by atoms with van der Waals surface area (Å²) in [4.78, 5) is 0.719. The van der Waals surface area contributed by atoms with Gasteiger partial charge in [0.2, 0.25) is 0 Å². The van der Waals surface area contributed by atoms with Gasteiger partial charge in [-0.1, -0.05) is 0 Å². The summed E-state index contributed by atoms with van der Waals surface area (Å²) in [5.41, 5.74) is 8.17. The summed E-state index contributed by atoms with van der Waals surface area (Å²) in [6, 6.07) is 11.3. The van der Waals surface area contributed by atoms with Crippen molar-refractivity contribution in [3.05, 3.63) is 35.4 Å². The van der Waals surface area contributed by atoms with E-state index in [-0.39, 0.29) is 11.3 Å². The fraction of sp³-hybridized carbons (Fsp3) is 0.176. The second kappa shape index (κ2) is 6.95. The van der Waals surface area contributed by atoms with Crippen LogP contribution in [0.15, 0.2) is 29.2 Å². The van der Waals surface area contributed by atoms with Crippen LogP contribution in [0.25, 0.3) is 11.1 Å². The van der Waals surface area contributed by atoms with Crippen LogP contribution in [0.4, 0.5) is 5.69 Å². The molecule has 2 N–H and O–H groups in total. The number of thioether (sulfide) groups is 1. The van der Waals surface area contributed by atoms with Crippen LogP contribution >= 0.6 is 11.8 Å². The van der Waals surface area contributed by atoms with E-state index < -0.39 is 0 Å². The van der Waals surface area contributed by atoms with Gasteiger partial charge in [0.1, 0.15) is 23.6 Å². The van der Waals surface area contributed by atoms with Gasteiger partial charge in [0.25, 0.3) is 0 Å². The number of ether oxygens (including phenoxy) is 2. The molecule has 2 rings (SSSR count). The van der Waals surface area contributed by atoms with Crippen molar-refractivity contribution in [1.29, 1.82) is 10.5 Å². The minimum Gasteiger partial charge on any atom is -0.497 e. The van der Waals surface area contributed by atoms with Gasteiger partial charge in [-0.15, -0.1) is 11.8 Å². The Hall–Kier alpha value is -2.83. The first-order chi connectivity index (χ1) is 11.1. The number of rotatable bonds is 4. The summed E-state index contributed by atoms with van der Waals surface area (Å²) in [5, 5.41) is 18.8. The molecule has 0 aliphatic rings. The molecule has 0 saturated heterocycles. The third-order valence-electron chi connectivity index (χ3n) is 3.47. The van der Waals surface area contributed by atoms with Gasteiger partial charge in [-0.25, -0.2) is 0 Å². The Morgan fingerprint density at radius 1 is 1.00 bits per heavy atom. The molecule has 0 unspecified atom stereocenters. The van der Waals surface area contributed by atoms with E-state index in [0.717, 1.165) is 10.5 Å². The van der Waals surface area contributed by atoms with Crippen LogP contribution in [0.3, 0.4) is 0 Å². The number of methoxy groups -OCH3 is 2. The SMILES string of the molecule is COc1ccc(-c2cc(SC)c(C#N)c(N)c2C#N)c(OC)c1. The van der Waals surface area contributed by atoms with Gasteiger partial charge < -0.3 is 15.2 Å². The Balaban J connectivity index is 2.81. The molecule has 0 atom stereocenters. The quantitative estimate of drug-likeness (QED) is 0.684. The van der Waals surface area contributed by atoms with Crippen molar-refractivity contribution in [2.75, 3.05) is 26.2 Å². The van der Waals surface area contributed by atoms with Gasteiger partial charge in [0, 0.05) is 22.1 Å². The summed E-state index contributed by atoms with van der Waals surface area (Å²) >= 11 is 1.41. The number of anilines is 1. The van der Waals surface area contributed by atoms with Crippen LogP contribution < -0.4 is 15.2 Å². The van der Waals surface area contributed by atoms with Gasteiger partial charge in [-0.2, -0.15) is 10.5 Å². The second-order valence-corrected chi connectivity index (χ2v) is 5.43. The van der Waals surface area contributed by atoms with Crippen molar-refractivity contribution in [2.24, 2.45) is 0 Å². The Morgan fingerprint density at radius 2 is 1.70 bits per heavy atom. The van der Waals surface area contributed by atoms with E-state index in [9.17, 15) is 10.5 Å². The van der Waals surface area contributed by atoms with Crippen molar-refractivity contribution < 1.29 is 9.47 Å². The van der Waals surface area contributed by atoms with Gasteiger partial charge in [-0.05, 0) is 24.5 Å². The molecular formula is C17H15N3O2S. The number of benzene rings is 2. The largest absolute Gasteiger partial charge is 0.497 e. The third kappa shape index (κ3) is 2.90. The minimum atomic E-state index is 0.190. The minimum absolute atomic E-state index is 0.190. The highest BCUT2D eigenvalue weighted by Gasteiger charge is 2.19. The number of hydrogen-bond donors (Lipinski definition) is 1. The van der Waals surface area contributed by atoms with Crippen molar-refractivity contribution in [1.82, 2.24) is 0 Å². The van der Waals surface area contributed by atoms with E-state index in [2.05, 4.69) is 12.1 Å². The fourth-order valence-electron chi connectivity index (χ4n) is 2.31. The zero-order valence-corrected chi connectivity index (χ0v) is 13.8. The molecule has 0 aromatic heterocycles. The average Bonchev–Trinajstić information content (AvgIpc) is 2.60. The van der Waals surface area contributed by atoms with Crippen molar-refractivity contribution in [2.45, 2.75) is 4.90 Å². The molecule has 2 aromatic rings. The Kier molecular flexibility index (Phi) is 5.00. The summed E-state index contributed by atoms with van der Waals surface area (Å²) in [6.45, 7) is 0. The highest BCUT2D eigenvalue weighted by atomic mass is 32.2. The molecule has 0 aliphatic heterocycles. The lowest BCUT2D eigenvalue weighted by Gasteiger charge is -2.15. The van der Waals surface area contributed by atoms with Gasteiger partial charge in [0.05, 0.1) is 31.0 Å². The summed E-state index contributed by atoms with van der Waals surface area (Å²) in [5.74, 6) is 1.22. The summed E-state index contributed by atoms with van der Waals surface area (Å²) < 4.78 is 10.6. The van der Waals surface area contributed by atoms with Crippen LogP contribution in [0.2, 0.25) is 0 Å². The molecule has 0 radical (unpaired) electrons. The number of nitriles is 2. The van der Waals surface area contributed by atoms with Gasteiger partial charge >= 0.3 is 0 Å². The predicted octanol–water partition coefficient (Wildman–Crippen LogP) is 3.42. The first-order valence-electron chi connectivity index (χ1n) is 6.64. The van der Waals surface area contributed by atoms with E-state index in [1.807, 2.05) is 12.3 Å². The molecular weight excluding hydrogens is 310 g/mol. The van der Waals surface area contributed by atoms with E-state index in [1.165, 1.54) is 11.8 Å². The fourth-order valence-corrected chi connectivity index (χ4v) is 2.90. The first-order valence-corrected chi connectivity index (χ1v) is 7.86. The highest BCUT2D eigenvalue weighted by Crippen LogP contribution is 2.40. The molecule has 0 aliphatic carbocycles. The summed E-state index contributed by atoms with van der Waals surface area (Å²) in [7, 11) is 3.12. The van der Waals surface area contributed by atoms with E-state index in [4.69, 9.17) is 15.2 Å². The zero-order chi connectivity index (χ0) is 17.0. The lowest BCUT2D eigenvalue weighted by molar-refractivity contribution is 0.395. The first kappa shape index (κ1) is 16.5. The predicted molar refractivity (Wildman–Crippen MR) is 90.6 cm³/mol. The molecule has 2 aromatic carbocycles. The van der Waals surface area contributed by atoms with Crippen molar-refractivity contribution >= 4 is 17.4 Å². The second-order valence-electron chi connectivity index (χ2n) is 4.58. The Morgan fingerprint density at radius 3 is 2.22 bits per heavy atom. The average molecular weight is 325 g/mol. The van der Waals surface area contributed by atoms with Gasteiger partial charge in [-0.3, -0.25) is 0 Å². The smallest absolute Gasteiger partial charge is 0.130 e. The van der Waals surface area contributed by atoms with E-state index >= 15 is 0 Å². The zero-order valence-electron chi connectivity index (χ0n) is 13.0. The van der Waals surface area contributed by atoms with Crippen LogP contribution in [0.1, 0.15) is 11.1 Å². The molecule has 0 heterocycles. The highest BCUT2D eigenvalue weighted by molar-refractivity contribution is 7.98. The van der Waals surface area contributed by atoms with E-state index in [1.54, 1.807) is 32.4 Å². The van der Waals surface area contributed by atoms with Crippen molar-refractivity contribution in [3.8, 4) is 34.8 Å². The topological polar surface area (TPSA) is 92.1 Å². The summed E-state index contributed by atoms with van der Waals surface area (Å²) in [6.07, 6.45) is 1.86. The molecule has 0 saturated carbocycles. The maximum Gasteiger partial charge on any atom is 0.130 e. The van der Waals surface area contributed by atoms with Crippen LogP contribution in [-0.4, -0.2) is 20.5 Å². The lowest BCUT2D eigenvalue weighted by Crippen LogP contribution is -2.01. The standard InChI is InChI=1S/C17H15N3O2S/c1-21-10-4-5-11(15(6-10)22-2)12-7-16(23-3)14(9-19)17(20)13(12)8-18/h4-7H,20H2,1-3H3. The molecule has 0 bridgehead atoms. The molecule has 5 nitrogen and oxygen atoms in total. The number of nitrogens with zero attached hydrogens (tertiary/aromatic N) is 2. The normalized spacial score (nSPS) is 9.78. The molecule has 6 heteroatoms. The molecule has 23 heavy (non-hydrogen) atoms. The van der Waals surface area contributed by atoms with Crippen LogP contribution in [0, 0.1) is 22.7 Å². The number of nitrogen functional groups attached to an aromatic ring is 1. The molecule has 0 fully saturated rings. The third-order valence-corrected chi connectivity index (χ3v) is 4.23. The molecule has 0 spiro atoms. The monoisotopic (exact) mass is 325 g/mol. The van der Waals surface area contributed by atoms with Crippen LogP contribution in [-0.2, 0) is 0 Å². The lowest BCUT2D eigenvalue weighted by atomic mass is 9.95. The van der Waals surface area contributed by atoms with E-state index in [0.29, 0.717) is 22.6 Å².